The van der Waals surface area contributed by atoms with Crippen molar-refractivity contribution < 1.29 is 4.79 Å². The average Bonchev–Trinajstić information content (AvgIpc) is 2.33. The van der Waals surface area contributed by atoms with E-state index in [0.717, 1.165) is 18.4 Å². The summed E-state index contributed by atoms with van der Waals surface area (Å²) in [6.45, 7) is 6.23. The third kappa shape index (κ3) is 3.07. The minimum atomic E-state index is -0.0434. The standard InChI is InChI=1S/C15H23N3O/c1-10-9-13(16)7-8-14(10)15(19)17-18-11(2)5-4-6-12(18)3/h7-9,11-12H,4-6,16H2,1-3H3,(H,17,19). The fraction of sp³-hybridized carbons (Fsp3) is 0.533. The first kappa shape index (κ1) is 13.9. The summed E-state index contributed by atoms with van der Waals surface area (Å²) in [5.41, 5.74) is 11.1. The van der Waals surface area contributed by atoms with E-state index in [1.807, 2.05) is 13.0 Å². The number of nitrogens with two attached hydrogens (primary N) is 1. The molecule has 0 saturated carbocycles. The second-order valence-corrected chi connectivity index (χ2v) is 5.55. The Balaban J connectivity index is 2.11. The van der Waals surface area contributed by atoms with Gasteiger partial charge in [-0.25, -0.2) is 5.01 Å². The van der Waals surface area contributed by atoms with E-state index in [0.29, 0.717) is 23.3 Å². The number of nitrogens with zero attached hydrogens (tertiary/aromatic N) is 1. The number of aryl methyl sites for hydroxylation is 1. The van der Waals surface area contributed by atoms with Crippen LogP contribution in [0.15, 0.2) is 18.2 Å². The summed E-state index contributed by atoms with van der Waals surface area (Å²) in [6.07, 6.45) is 3.49. The number of amides is 1. The zero-order valence-electron chi connectivity index (χ0n) is 11.9. The monoisotopic (exact) mass is 261 g/mol. The number of rotatable bonds is 2. The molecule has 104 valence electrons. The second-order valence-electron chi connectivity index (χ2n) is 5.55. The predicted molar refractivity (Wildman–Crippen MR) is 77.7 cm³/mol. The maximum atomic E-state index is 12.3. The Morgan fingerprint density at radius 3 is 2.53 bits per heavy atom. The molecule has 2 atom stereocenters. The molecule has 0 spiro atoms. The van der Waals surface area contributed by atoms with Gasteiger partial charge in [-0.1, -0.05) is 6.42 Å². The third-order valence-electron chi connectivity index (χ3n) is 3.92. The zero-order chi connectivity index (χ0) is 14.0. The molecule has 4 nitrogen and oxygen atoms in total. The summed E-state index contributed by atoms with van der Waals surface area (Å²) in [7, 11) is 0. The van der Waals surface area contributed by atoms with Crippen LogP contribution in [0.3, 0.4) is 0 Å². The first-order valence-corrected chi connectivity index (χ1v) is 6.94. The van der Waals surface area contributed by atoms with E-state index in [4.69, 9.17) is 5.73 Å². The van der Waals surface area contributed by atoms with Gasteiger partial charge in [-0.3, -0.25) is 10.2 Å². The molecule has 3 N–H and O–H groups in total. The Kier molecular flexibility index (Phi) is 4.10. The number of nitrogen functional groups attached to an aromatic ring is 1. The van der Waals surface area contributed by atoms with Gasteiger partial charge in [0.1, 0.15) is 0 Å². The van der Waals surface area contributed by atoms with Crippen molar-refractivity contribution in [2.75, 3.05) is 5.73 Å². The van der Waals surface area contributed by atoms with E-state index in [1.54, 1.807) is 12.1 Å². The van der Waals surface area contributed by atoms with Crippen LogP contribution >= 0.6 is 0 Å². The van der Waals surface area contributed by atoms with Gasteiger partial charge in [-0.05, 0) is 57.4 Å². The molecular weight excluding hydrogens is 238 g/mol. The van der Waals surface area contributed by atoms with Crippen LogP contribution in [0.25, 0.3) is 0 Å². The van der Waals surface area contributed by atoms with Crippen molar-refractivity contribution in [3.8, 4) is 0 Å². The van der Waals surface area contributed by atoms with Gasteiger partial charge in [0.2, 0.25) is 0 Å². The van der Waals surface area contributed by atoms with Crippen molar-refractivity contribution >= 4 is 11.6 Å². The Labute approximate surface area is 114 Å². The maximum absolute atomic E-state index is 12.3. The molecule has 1 saturated heterocycles. The number of hydrazine groups is 1. The van der Waals surface area contributed by atoms with Crippen molar-refractivity contribution in [2.24, 2.45) is 0 Å². The summed E-state index contributed by atoms with van der Waals surface area (Å²) >= 11 is 0. The minimum absolute atomic E-state index is 0.0434. The number of carbonyl (C=O) groups is 1. The Hall–Kier alpha value is -1.55. The van der Waals surface area contributed by atoms with Crippen molar-refractivity contribution in [1.82, 2.24) is 10.4 Å². The van der Waals surface area contributed by atoms with Gasteiger partial charge in [0.25, 0.3) is 5.91 Å². The van der Waals surface area contributed by atoms with Crippen LogP contribution in [-0.4, -0.2) is 23.0 Å². The Bertz CT molecular complexity index is 462. The molecule has 1 heterocycles. The molecule has 1 aromatic carbocycles. The quantitative estimate of drug-likeness (QED) is 0.804. The first-order valence-electron chi connectivity index (χ1n) is 6.94. The fourth-order valence-electron chi connectivity index (χ4n) is 2.76. The van der Waals surface area contributed by atoms with Crippen LogP contribution < -0.4 is 11.2 Å². The van der Waals surface area contributed by atoms with Crippen molar-refractivity contribution in [3.63, 3.8) is 0 Å². The number of anilines is 1. The van der Waals surface area contributed by atoms with E-state index in [9.17, 15) is 4.79 Å². The largest absolute Gasteiger partial charge is 0.399 e. The van der Waals surface area contributed by atoms with Crippen molar-refractivity contribution in [2.45, 2.75) is 52.1 Å². The number of piperidine rings is 1. The maximum Gasteiger partial charge on any atom is 0.265 e. The zero-order valence-corrected chi connectivity index (χ0v) is 11.9. The number of hydrogen-bond donors (Lipinski definition) is 2. The van der Waals surface area contributed by atoms with E-state index in [1.165, 1.54) is 6.42 Å². The molecule has 1 aliphatic rings. The van der Waals surface area contributed by atoms with Crippen LogP contribution in [0.2, 0.25) is 0 Å². The Morgan fingerprint density at radius 2 is 1.95 bits per heavy atom. The summed E-state index contributed by atoms with van der Waals surface area (Å²) in [5, 5.41) is 2.08. The van der Waals surface area contributed by atoms with Crippen LogP contribution in [0.5, 0.6) is 0 Å². The van der Waals surface area contributed by atoms with E-state index in [-0.39, 0.29) is 5.91 Å². The van der Waals surface area contributed by atoms with Gasteiger partial charge < -0.3 is 5.73 Å². The average molecular weight is 261 g/mol. The molecule has 0 aliphatic carbocycles. The lowest BCUT2D eigenvalue weighted by atomic mass is 9.99. The Morgan fingerprint density at radius 1 is 1.32 bits per heavy atom. The molecule has 1 aliphatic heterocycles. The van der Waals surface area contributed by atoms with E-state index in [2.05, 4.69) is 24.3 Å². The van der Waals surface area contributed by atoms with E-state index >= 15 is 0 Å². The van der Waals surface area contributed by atoms with Crippen LogP contribution in [-0.2, 0) is 0 Å². The van der Waals surface area contributed by atoms with Gasteiger partial charge >= 0.3 is 0 Å². The second kappa shape index (κ2) is 5.61. The lowest BCUT2D eigenvalue weighted by molar-refractivity contribution is 0.0369. The highest BCUT2D eigenvalue weighted by atomic mass is 16.2. The fourth-order valence-corrected chi connectivity index (χ4v) is 2.76. The molecule has 2 unspecified atom stereocenters. The van der Waals surface area contributed by atoms with Crippen LogP contribution in [0, 0.1) is 6.92 Å². The first-order chi connectivity index (χ1) is 8.99. The lowest BCUT2D eigenvalue weighted by Gasteiger charge is -2.38. The molecular formula is C15H23N3O. The number of carbonyl (C=O) groups excluding carboxylic acids is 1. The molecule has 1 aromatic rings. The van der Waals surface area contributed by atoms with Crippen molar-refractivity contribution in [1.29, 1.82) is 0 Å². The minimum Gasteiger partial charge on any atom is -0.399 e. The summed E-state index contributed by atoms with van der Waals surface area (Å²) in [6, 6.07) is 6.17. The number of benzene rings is 1. The van der Waals surface area contributed by atoms with Gasteiger partial charge in [-0.2, -0.15) is 0 Å². The summed E-state index contributed by atoms with van der Waals surface area (Å²) in [5.74, 6) is -0.0434. The van der Waals surface area contributed by atoms with Gasteiger partial charge in [0.15, 0.2) is 0 Å². The molecule has 4 heteroatoms. The van der Waals surface area contributed by atoms with Gasteiger partial charge in [0.05, 0.1) is 0 Å². The molecule has 2 rings (SSSR count). The van der Waals surface area contributed by atoms with Gasteiger partial charge in [-0.15, -0.1) is 0 Å². The lowest BCUT2D eigenvalue weighted by Crippen LogP contribution is -2.54. The highest BCUT2D eigenvalue weighted by molar-refractivity contribution is 5.95. The smallest absolute Gasteiger partial charge is 0.265 e. The predicted octanol–water partition coefficient (Wildman–Crippen LogP) is 2.48. The SMILES string of the molecule is Cc1cc(N)ccc1C(=O)NN1C(C)CCCC1C. The van der Waals surface area contributed by atoms with Crippen LogP contribution in [0.4, 0.5) is 5.69 Å². The molecule has 19 heavy (non-hydrogen) atoms. The topological polar surface area (TPSA) is 58.4 Å². The normalized spacial score (nSPS) is 24.2. The molecule has 0 aromatic heterocycles. The summed E-state index contributed by atoms with van der Waals surface area (Å²) in [4.78, 5) is 12.3. The number of nitrogens with one attached hydrogen (secondary N) is 1. The number of hydrogen-bond acceptors (Lipinski definition) is 3. The van der Waals surface area contributed by atoms with E-state index < -0.39 is 0 Å². The molecule has 0 radical (unpaired) electrons. The molecule has 1 fully saturated rings. The third-order valence-corrected chi connectivity index (χ3v) is 3.92. The highest BCUT2D eigenvalue weighted by Crippen LogP contribution is 2.21. The molecule has 0 bridgehead atoms. The summed E-state index contributed by atoms with van der Waals surface area (Å²) < 4.78 is 0. The van der Waals surface area contributed by atoms with Gasteiger partial charge in [0, 0.05) is 23.3 Å². The highest BCUT2D eigenvalue weighted by Gasteiger charge is 2.26. The van der Waals surface area contributed by atoms with Crippen molar-refractivity contribution in [3.05, 3.63) is 29.3 Å². The molecule has 1 amide bonds. The van der Waals surface area contributed by atoms with Crippen LogP contribution in [0.1, 0.15) is 49.0 Å².